The topological polar surface area (TPSA) is 137 Å². The van der Waals surface area contributed by atoms with Gasteiger partial charge < -0.3 is 26.2 Å². The van der Waals surface area contributed by atoms with E-state index < -0.39 is 12.7 Å². The van der Waals surface area contributed by atoms with Crippen molar-refractivity contribution in [2.75, 3.05) is 30.3 Å². The van der Waals surface area contributed by atoms with Crippen LogP contribution in [-0.2, 0) is 17.8 Å². The van der Waals surface area contributed by atoms with Gasteiger partial charge in [0.05, 0.1) is 24.9 Å². The molecule has 5 N–H and O–H groups in total. The molecule has 9 nitrogen and oxygen atoms in total. The summed E-state index contributed by atoms with van der Waals surface area (Å²) in [6.07, 6.45) is 1.96. The predicted octanol–water partition coefficient (Wildman–Crippen LogP) is 1.25. The molecule has 10 heteroatoms. The van der Waals surface area contributed by atoms with Crippen molar-refractivity contribution in [1.82, 2.24) is 20.3 Å². The standard InChI is InChI=1S/C21H29ClN6O3/c1-4-15-11(2)6-24-16(12(15)3)9-28-8-13(5-17(31)25-7-14(30)10-29)18-19(22)26-21(23)27-20(18)28/h6,13-14,29-30H,4-5,7-10H2,1-3H3,(H,25,31)(H2,23,26,27)/t13-,14+/m0/s1. The maximum Gasteiger partial charge on any atom is 0.223 e. The molecule has 1 aliphatic rings. The Balaban J connectivity index is 1.85. The number of halogens is 1. The van der Waals surface area contributed by atoms with Crippen LogP contribution >= 0.6 is 11.6 Å². The van der Waals surface area contributed by atoms with Crippen LogP contribution in [0.25, 0.3) is 0 Å². The van der Waals surface area contributed by atoms with Crippen LogP contribution in [0.15, 0.2) is 6.20 Å². The van der Waals surface area contributed by atoms with Crippen LogP contribution in [-0.4, -0.2) is 56.9 Å². The molecule has 0 saturated carbocycles. The summed E-state index contributed by atoms with van der Waals surface area (Å²) >= 11 is 6.39. The molecule has 3 heterocycles. The Morgan fingerprint density at radius 2 is 2.16 bits per heavy atom. The number of anilines is 2. The van der Waals surface area contributed by atoms with E-state index in [-0.39, 0.29) is 35.9 Å². The third-order valence-corrected chi connectivity index (χ3v) is 5.98. The number of carbonyl (C=O) groups is 1. The molecular formula is C21H29ClN6O3. The molecule has 2 aromatic heterocycles. The number of fused-ring (bicyclic) bond motifs is 1. The number of hydrogen-bond donors (Lipinski definition) is 4. The Kier molecular flexibility index (Phi) is 7.30. The van der Waals surface area contributed by atoms with Gasteiger partial charge in [-0.15, -0.1) is 0 Å². The van der Waals surface area contributed by atoms with Gasteiger partial charge >= 0.3 is 0 Å². The number of rotatable bonds is 8. The summed E-state index contributed by atoms with van der Waals surface area (Å²) in [5.41, 5.74) is 11.1. The van der Waals surface area contributed by atoms with Gasteiger partial charge in [-0.2, -0.15) is 4.98 Å². The quantitative estimate of drug-likeness (QED) is 0.443. The van der Waals surface area contributed by atoms with Crippen LogP contribution in [0.1, 0.15) is 47.2 Å². The molecule has 0 aliphatic carbocycles. The van der Waals surface area contributed by atoms with Gasteiger partial charge in [-0.05, 0) is 37.0 Å². The molecule has 0 radical (unpaired) electrons. The van der Waals surface area contributed by atoms with Crippen molar-refractivity contribution in [3.8, 4) is 0 Å². The van der Waals surface area contributed by atoms with Gasteiger partial charge in [0.2, 0.25) is 11.9 Å². The third kappa shape index (κ3) is 5.06. The summed E-state index contributed by atoms with van der Waals surface area (Å²) in [5.74, 6) is 0.208. The Labute approximate surface area is 186 Å². The molecule has 168 valence electrons. The summed E-state index contributed by atoms with van der Waals surface area (Å²) in [6.45, 7) is 6.85. The van der Waals surface area contributed by atoms with Gasteiger partial charge in [0.25, 0.3) is 0 Å². The molecular weight excluding hydrogens is 420 g/mol. The highest BCUT2D eigenvalue weighted by molar-refractivity contribution is 6.30. The molecule has 2 aromatic rings. The normalized spacial score (nSPS) is 16.3. The fourth-order valence-electron chi connectivity index (χ4n) is 4.08. The lowest BCUT2D eigenvalue weighted by Crippen LogP contribution is -2.35. The van der Waals surface area contributed by atoms with E-state index >= 15 is 0 Å². The number of nitrogens with two attached hydrogens (primary N) is 1. The minimum absolute atomic E-state index is 0.0170. The maximum atomic E-state index is 12.4. The Bertz CT molecular complexity index is 971. The van der Waals surface area contributed by atoms with Crippen molar-refractivity contribution >= 4 is 29.3 Å². The number of nitrogens with one attached hydrogen (secondary N) is 1. The lowest BCUT2D eigenvalue weighted by Gasteiger charge is -2.21. The number of aromatic nitrogens is 3. The Hall–Kier alpha value is -2.49. The number of nitrogens with zero attached hydrogens (tertiary/aromatic N) is 4. The van der Waals surface area contributed by atoms with Crippen molar-refractivity contribution < 1.29 is 15.0 Å². The SMILES string of the molecule is CCc1c(C)cnc(CN2C[C@H](CC(=O)NC[C@@H](O)CO)c3c(Cl)nc(N)nc32)c1C. The zero-order chi connectivity index (χ0) is 22.7. The van der Waals surface area contributed by atoms with E-state index in [1.165, 1.54) is 11.1 Å². The molecule has 0 bridgehead atoms. The van der Waals surface area contributed by atoms with E-state index in [1.807, 2.05) is 11.1 Å². The molecule has 0 spiro atoms. The molecule has 2 atom stereocenters. The molecule has 3 rings (SSSR count). The highest BCUT2D eigenvalue weighted by Gasteiger charge is 2.35. The first-order valence-corrected chi connectivity index (χ1v) is 10.7. The monoisotopic (exact) mass is 448 g/mol. The maximum absolute atomic E-state index is 12.4. The van der Waals surface area contributed by atoms with Crippen molar-refractivity contribution in [3.05, 3.63) is 39.3 Å². The lowest BCUT2D eigenvalue weighted by atomic mass is 10.00. The van der Waals surface area contributed by atoms with Gasteiger partial charge in [-0.25, -0.2) is 4.98 Å². The van der Waals surface area contributed by atoms with E-state index in [0.717, 1.165) is 17.7 Å². The van der Waals surface area contributed by atoms with E-state index in [4.69, 9.17) is 22.4 Å². The highest BCUT2D eigenvalue weighted by atomic mass is 35.5. The van der Waals surface area contributed by atoms with E-state index in [2.05, 4.69) is 41.0 Å². The zero-order valence-electron chi connectivity index (χ0n) is 18.0. The first-order valence-electron chi connectivity index (χ1n) is 10.3. The van der Waals surface area contributed by atoms with E-state index in [9.17, 15) is 9.90 Å². The summed E-state index contributed by atoms with van der Waals surface area (Å²) in [7, 11) is 0. The fourth-order valence-corrected chi connectivity index (χ4v) is 4.41. The molecule has 1 amide bonds. The highest BCUT2D eigenvalue weighted by Crippen LogP contribution is 2.41. The number of nitrogen functional groups attached to an aromatic ring is 1. The molecule has 0 saturated heterocycles. The van der Waals surface area contributed by atoms with Gasteiger partial charge in [0.15, 0.2) is 0 Å². The smallest absolute Gasteiger partial charge is 0.223 e. The number of aryl methyl sites for hydroxylation is 1. The van der Waals surface area contributed by atoms with Gasteiger partial charge in [-0.1, -0.05) is 18.5 Å². The molecule has 0 fully saturated rings. The third-order valence-electron chi connectivity index (χ3n) is 5.69. The predicted molar refractivity (Wildman–Crippen MR) is 119 cm³/mol. The minimum Gasteiger partial charge on any atom is -0.394 e. The molecule has 0 unspecified atom stereocenters. The van der Waals surface area contributed by atoms with Gasteiger partial charge in [0.1, 0.15) is 11.0 Å². The molecule has 0 aromatic carbocycles. The lowest BCUT2D eigenvalue weighted by molar-refractivity contribution is -0.122. The van der Waals surface area contributed by atoms with Crippen LogP contribution in [0.4, 0.5) is 11.8 Å². The van der Waals surface area contributed by atoms with Crippen molar-refractivity contribution in [3.63, 3.8) is 0 Å². The van der Waals surface area contributed by atoms with Crippen LogP contribution in [0.3, 0.4) is 0 Å². The summed E-state index contributed by atoms with van der Waals surface area (Å²) in [5, 5.41) is 21.2. The second kappa shape index (κ2) is 9.76. The zero-order valence-corrected chi connectivity index (χ0v) is 18.8. The van der Waals surface area contributed by atoms with Gasteiger partial charge in [0, 0.05) is 37.2 Å². The first kappa shape index (κ1) is 23.2. The van der Waals surface area contributed by atoms with Crippen molar-refractivity contribution in [2.24, 2.45) is 0 Å². The summed E-state index contributed by atoms with van der Waals surface area (Å²) < 4.78 is 0. The van der Waals surface area contributed by atoms with Crippen LogP contribution in [0, 0.1) is 13.8 Å². The number of amides is 1. The largest absolute Gasteiger partial charge is 0.394 e. The summed E-state index contributed by atoms with van der Waals surface area (Å²) in [4.78, 5) is 27.5. The number of aliphatic hydroxyl groups excluding tert-OH is 2. The number of hydrogen-bond acceptors (Lipinski definition) is 8. The van der Waals surface area contributed by atoms with Crippen molar-refractivity contribution in [1.29, 1.82) is 0 Å². The van der Waals surface area contributed by atoms with Crippen LogP contribution < -0.4 is 16.0 Å². The van der Waals surface area contributed by atoms with Crippen LogP contribution in [0.2, 0.25) is 5.15 Å². The first-order chi connectivity index (χ1) is 14.7. The number of pyridine rings is 1. The average Bonchev–Trinajstić information content (AvgIpc) is 3.05. The van der Waals surface area contributed by atoms with Crippen LogP contribution in [0.5, 0.6) is 0 Å². The Morgan fingerprint density at radius 3 is 2.84 bits per heavy atom. The number of aliphatic hydroxyl groups is 2. The molecule has 1 aliphatic heterocycles. The van der Waals surface area contributed by atoms with Gasteiger partial charge in [-0.3, -0.25) is 9.78 Å². The second-order valence-electron chi connectivity index (χ2n) is 7.88. The number of carbonyl (C=O) groups excluding carboxylic acids is 1. The molecule has 31 heavy (non-hydrogen) atoms. The van der Waals surface area contributed by atoms with E-state index in [0.29, 0.717) is 24.5 Å². The van der Waals surface area contributed by atoms with Crippen molar-refractivity contribution in [2.45, 2.75) is 52.2 Å². The average molecular weight is 449 g/mol. The summed E-state index contributed by atoms with van der Waals surface area (Å²) in [6, 6.07) is 0. The van der Waals surface area contributed by atoms with E-state index in [1.54, 1.807) is 0 Å². The second-order valence-corrected chi connectivity index (χ2v) is 8.23. The Morgan fingerprint density at radius 1 is 1.42 bits per heavy atom. The fraction of sp³-hybridized carbons (Fsp3) is 0.524. The minimum atomic E-state index is -0.994.